The average Bonchev–Trinajstić information content (AvgIpc) is 3.08. The van der Waals surface area contributed by atoms with E-state index in [0.717, 1.165) is 30.4 Å². The number of nitrogens with one attached hydrogen (secondary N) is 1. The van der Waals surface area contributed by atoms with Crippen LogP contribution in [0.3, 0.4) is 0 Å². The molecule has 3 nitrogen and oxygen atoms in total. The molecule has 0 aliphatic heterocycles. The quantitative estimate of drug-likeness (QED) is 0.873. The van der Waals surface area contributed by atoms with Crippen molar-refractivity contribution in [3.05, 3.63) is 53.7 Å². The first kappa shape index (κ1) is 14.0. The lowest BCUT2D eigenvalue weighted by atomic mass is 9.93. The molecule has 0 saturated heterocycles. The van der Waals surface area contributed by atoms with Crippen LogP contribution < -0.4 is 5.32 Å². The van der Waals surface area contributed by atoms with Crippen molar-refractivity contribution >= 4 is 17.2 Å². The highest BCUT2D eigenvalue weighted by atomic mass is 32.1. The van der Waals surface area contributed by atoms with Gasteiger partial charge < -0.3 is 5.32 Å². The second-order valence-corrected chi connectivity index (χ2v) is 6.21. The predicted octanol–water partition coefficient (Wildman–Crippen LogP) is 3.78. The lowest BCUT2D eigenvalue weighted by molar-refractivity contribution is -0.125. The molecule has 0 fully saturated rings. The fourth-order valence-electron chi connectivity index (χ4n) is 2.53. The van der Waals surface area contributed by atoms with Crippen molar-refractivity contribution in [2.45, 2.75) is 25.8 Å². The second kappa shape index (κ2) is 6.68. The number of hydrogen-bond acceptors (Lipinski definition) is 3. The molecule has 0 radical (unpaired) electrons. The van der Waals surface area contributed by atoms with E-state index in [0.29, 0.717) is 6.54 Å². The lowest BCUT2D eigenvalue weighted by Crippen LogP contribution is -2.30. The van der Waals surface area contributed by atoms with Crippen LogP contribution in [0, 0.1) is 5.92 Å². The fourth-order valence-corrected chi connectivity index (χ4v) is 3.24. The first-order valence-corrected chi connectivity index (χ1v) is 8.11. The lowest BCUT2D eigenvalue weighted by Gasteiger charge is -2.17. The van der Waals surface area contributed by atoms with Gasteiger partial charge >= 0.3 is 0 Å². The molecule has 1 amide bonds. The number of carbonyl (C=O) groups excluding carboxylic acids is 1. The number of thiophene rings is 1. The van der Waals surface area contributed by atoms with Crippen molar-refractivity contribution in [2.24, 2.45) is 5.92 Å². The van der Waals surface area contributed by atoms with Crippen molar-refractivity contribution in [1.29, 1.82) is 0 Å². The van der Waals surface area contributed by atoms with Crippen LogP contribution in [-0.2, 0) is 11.3 Å². The van der Waals surface area contributed by atoms with E-state index in [4.69, 9.17) is 0 Å². The van der Waals surface area contributed by atoms with E-state index in [1.807, 2.05) is 18.5 Å². The van der Waals surface area contributed by atoms with Gasteiger partial charge in [-0.05, 0) is 42.3 Å². The summed E-state index contributed by atoms with van der Waals surface area (Å²) in [5.41, 5.74) is 2.15. The van der Waals surface area contributed by atoms with Crippen molar-refractivity contribution in [1.82, 2.24) is 10.3 Å². The van der Waals surface area contributed by atoms with Gasteiger partial charge in [0.1, 0.15) is 0 Å². The maximum absolute atomic E-state index is 12.1. The fraction of sp³-hybridized carbons (Fsp3) is 0.294. The highest BCUT2D eigenvalue weighted by Crippen LogP contribution is 2.24. The topological polar surface area (TPSA) is 42.0 Å². The summed E-state index contributed by atoms with van der Waals surface area (Å²) in [6, 6.07) is 6.21. The van der Waals surface area contributed by atoms with Gasteiger partial charge in [0.15, 0.2) is 0 Å². The van der Waals surface area contributed by atoms with E-state index in [1.54, 1.807) is 11.3 Å². The van der Waals surface area contributed by atoms with Gasteiger partial charge in [0, 0.05) is 35.3 Å². The number of aromatic nitrogens is 1. The van der Waals surface area contributed by atoms with Crippen LogP contribution in [0.5, 0.6) is 0 Å². The van der Waals surface area contributed by atoms with Crippen LogP contribution in [-0.4, -0.2) is 10.9 Å². The number of carbonyl (C=O) groups is 1. The molecule has 0 aromatic carbocycles. The minimum atomic E-state index is 0.128. The van der Waals surface area contributed by atoms with Crippen LogP contribution in [0.15, 0.2) is 48.1 Å². The maximum Gasteiger partial charge on any atom is 0.223 e. The zero-order valence-corrected chi connectivity index (χ0v) is 12.6. The van der Waals surface area contributed by atoms with Crippen molar-refractivity contribution < 1.29 is 4.79 Å². The van der Waals surface area contributed by atoms with Gasteiger partial charge in [-0.1, -0.05) is 18.2 Å². The Labute approximate surface area is 128 Å². The van der Waals surface area contributed by atoms with E-state index in [-0.39, 0.29) is 11.8 Å². The van der Waals surface area contributed by atoms with Crippen molar-refractivity contribution in [3.8, 4) is 10.4 Å². The SMILES string of the molecule is O=C(NCc1cncc(-c2cccs2)c1)[C@@H]1CC=CCC1. The number of allylic oxidation sites excluding steroid dienone is 2. The first-order chi connectivity index (χ1) is 10.3. The standard InChI is InChI=1S/C17H18N2OS/c20-17(14-5-2-1-3-6-14)19-11-13-9-15(12-18-10-13)16-7-4-8-21-16/h1-2,4,7-10,12,14H,3,5-6,11H2,(H,19,20)/t14-/m1/s1. The minimum absolute atomic E-state index is 0.128. The summed E-state index contributed by atoms with van der Waals surface area (Å²) >= 11 is 1.70. The maximum atomic E-state index is 12.1. The van der Waals surface area contributed by atoms with Crippen LogP contribution in [0.25, 0.3) is 10.4 Å². The number of amides is 1. The van der Waals surface area contributed by atoms with Crippen LogP contribution >= 0.6 is 11.3 Å². The summed E-state index contributed by atoms with van der Waals surface area (Å²) in [6.07, 6.45) is 10.8. The third-order valence-corrected chi connectivity index (χ3v) is 4.63. The van der Waals surface area contributed by atoms with Crippen LogP contribution in [0.2, 0.25) is 0 Å². The third-order valence-electron chi connectivity index (χ3n) is 3.71. The van der Waals surface area contributed by atoms with Gasteiger partial charge in [0.05, 0.1) is 0 Å². The number of nitrogens with zero attached hydrogens (tertiary/aromatic N) is 1. The molecule has 21 heavy (non-hydrogen) atoms. The molecule has 1 aliphatic rings. The van der Waals surface area contributed by atoms with Gasteiger partial charge in [-0.3, -0.25) is 9.78 Å². The summed E-state index contributed by atoms with van der Waals surface area (Å²) in [6.45, 7) is 0.547. The molecule has 108 valence electrons. The van der Waals surface area contributed by atoms with E-state index in [9.17, 15) is 4.79 Å². The Hall–Kier alpha value is -1.94. The molecule has 2 aromatic heterocycles. The van der Waals surface area contributed by atoms with Gasteiger partial charge in [-0.2, -0.15) is 0 Å². The molecule has 0 spiro atoms. The average molecular weight is 298 g/mol. The monoisotopic (exact) mass is 298 g/mol. The molecule has 1 atom stereocenters. The number of rotatable bonds is 4. The summed E-state index contributed by atoms with van der Waals surface area (Å²) in [4.78, 5) is 17.6. The summed E-state index contributed by atoms with van der Waals surface area (Å²) < 4.78 is 0. The second-order valence-electron chi connectivity index (χ2n) is 5.26. The highest BCUT2D eigenvalue weighted by molar-refractivity contribution is 7.13. The molecule has 1 aliphatic carbocycles. The van der Waals surface area contributed by atoms with Crippen LogP contribution in [0.4, 0.5) is 0 Å². The van der Waals surface area contributed by atoms with Crippen molar-refractivity contribution in [2.75, 3.05) is 0 Å². The van der Waals surface area contributed by atoms with Gasteiger partial charge in [0.25, 0.3) is 0 Å². The normalized spacial score (nSPS) is 17.6. The Balaban J connectivity index is 1.61. The Bertz CT molecular complexity index is 634. The summed E-state index contributed by atoms with van der Waals surface area (Å²) in [5, 5.41) is 5.09. The molecular weight excluding hydrogens is 280 g/mol. The molecule has 2 aromatic rings. The molecule has 3 rings (SSSR count). The molecule has 4 heteroatoms. The molecule has 2 heterocycles. The largest absolute Gasteiger partial charge is 0.352 e. The molecule has 1 N–H and O–H groups in total. The zero-order chi connectivity index (χ0) is 14.5. The summed E-state index contributed by atoms with van der Waals surface area (Å²) in [7, 11) is 0. The van der Waals surface area contributed by atoms with E-state index >= 15 is 0 Å². The minimum Gasteiger partial charge on any atom is -0.352 e. The van der Waals surface area contributed by atoms with Crippen LogP contribution in [0.1, 0.15) is 24.8 Å². The Kier molecular flexibility index (Phi) is 4.46. The first-order valence-electron chi connectivity index (χ1n) is 7.23. The number of pyridine rings is 1. The Morgan fingerprint density at radius 2 is 2.33 bits per heavy atom. The molecule has 0 bridgehead atoms. The van der Waals surface area contributed by atoms with Gasteiger partial charge in [0.2, 0.25) is 5.91 Å². The van der Waals surface area contributed by atoms with E-state index in [1.165, 1.54) is 4.88 Å². The Morgan fingerprint density at radius 3 is 3.10 bits per heavy atom. The van der Waals surface area contributed by atoms with Gasteiger partial charge in [-0.25, -0.2) is 0 Å². The van der Waals surface area contributed by atoms with Gasteiger partial charge in [-0.15, -0.1) is 11.3 Å². The zero-order valence-electron chi connectivity index (χ0n) is 11.8. The molecular formula is C17H18N2OS. The number of hydrogen-bond donors (Lipinski definition) is 1. The van der Waals surface area contributed by atoms with E-state index in [2.05, 4.69) is 40.0 Å². The van der Waals surface area contributed by atoms with Crippen molar-refractivity contribution in [3.63, 3.8) is 0 Å². The third kappa shape index (κ3) is 3.58. The molecule has 0 unspecified atom stereocenters. The predicted molar refractivity (Wildman–Crippen MR) is 85.9 cm³/mol. The smallest absolute Gasteiger partial charge is 0.223 e. The Morgan fingerprint density at radius 1 is 1.38 bits per heavy atom. The summed E-state index contributed by atoms with van der Waals surface area (Å²) in [5.74, 6) is 0.282. The van der Waals surface area contributed by atoms with E-state index < -0.39 is 0 Å². The highest BCUT2D eigenvalue weighted by Gasteiger charge is 2.18. The molecule has 0 saturated carbocycles.